The molecule has 1 amide bonds. The molecule has 1 saturated carbocycles. The third-order valence-electron chi connectivity index (χ3n) is 4.12. The third-order valence-corrected chi connectivity index (χ3v) is 4.12. The zero-order chi connectivity index (χ0) is 14.7. The van der Waals surface area contributed by atoms with Crippen molar-refractivity contribution in [2.75, 3.05) is 6.54 Å². The lowest BCUT2D eigenvalue weighted by Gasteiger charge is -2.36. The molecule has 3 nitrogen and oxygen atoms in total. The summed E-state index contributed by atoms with van der Waals surface area (Å²) in [6, 6.07) is 17.6. The lowest BCUT2D eigenvalue weighted by Crippen LogP contribution is -2.47. The number of hydrogen-bond donors (Lipinski definition) is 2. The highest BCUT2D eigenvalue weighted by Gasteiger charge is 2.34. The standard InChI is InChI=1S/C18H19NO2/c20-17(19-13-18(21)11-4-12-18)16-9-7-15(8-10-16)14-5-2-1-3-6-14/h1-3,5-10,21H,4,11-13H2,(H,19,20). The van der Waals surface area contributed by atoms with E-state index in [1.165, 1.54) is 0 Å². The van der Waals surface area contributed by atoms with E-state index in [1.807, 2.05) is 54.6 Å². The quantitative estimate of drug-likeness (QED) is 0.905. The van der Waals surface area contributed by atoms with Crippen molar-refractivity contribution in [3.8, 4) is 11.1 Å². The van der Waals surface area contributed by atoms with Crippen molar-refractivity contribution < 1.29 is 9.90 Å². The average molecular weight is 281 g/mol. The maximum atomic E-state index is 12.1. The number of hydrogen-bond acceptors (Lipinski definition) is 2. The molecule has 0 unspecified atom stereocenters. The van der Waals surface area contributed by atoms with Gasteiger partial charge in [-0.3, -0.25) is 4.79 Å². The van der Waals surface area contributed by atoms with Gasteiger partial charge in [-0.2, -0.15) is 0 Å². The maximum absolute atomic E-state index is 12.1. The molecule has 0 heterocycles. The minimum Gasteiger partial charge on any atom is -0.388 e. The summed E-state index contributed by atoms with van der Waals surface area (Å²) in [5.41, 5.74) is 2.16. The fourth-order valence-electron chi connectivity index (χ4n) is 2.55. The predicted octanol–water partition coefficient (Wildman–Crippen LogP) is 3.00. The minimum absolute atomic E-state index is 0.130. The predicted molar refractivity (Wildman–Crippen MR) is 83.0 cm³/mol. The van der Waals surface area contributed by atoms with Crippen molar-refractivity contribution in [1.29, 1.82) is 0 Å². The average Bonchev–Trinajstić information content (AvgIpc) is 2.52. The van der Waals surface area contributed by atoms with Crippen molar-refractivity contribution in [3.63, 3.8) is 0 Å². The Balaban J connectivity index is 1.65. The van der Waals surface area contributed by atoms with Gasteiger partial charge in [0.1, 0.15) is 0 Å². The molecular formula is C18H19NO2. The molecular weight excluding hydrogens is 262 g/mol. The number of carbonyl (C=O) groups excluding carboxylic acids is 1. The summed E-state index contributed by atoms with van der Waals surface area (Å²) in [6.45, 7) is 0.340. The molecule has 0 aliphatic heterocycles. The Morgan fingerprint density at radius 2 is 1.62 bits per heavy atom. The van der Waals surface area contributed by atoms with Crippen LogP contribution in [0.2, 0.25) is 0 Å². The molecule has 1 fully saturated rings. The summed E-state index contributed by atoms with van der Waals surface area (Å²) in [6.07, 6.45) is 2.60. The molecule has 0 atom stereocenters. The van der Waals surface area contributed by atoms with Gasteiger partial charge in [-0.05, 0) is 42.5 Å². The summed E-state index contributed by atoms with van der Waals surface area (Å²) >= 11 is 0. The first-order chi connectivity index (χ1) is 10.2. The topological polar surface area (TPSA) is 49.3 Å². The third kappa shape index (κ3) is 3.14. The van der Waals surface area contributed by atoms with Crippen molar-refractivity contribution in [1.82, 2.24) is 5.32 Å². The van der Waals surface area contributed by atoms with E-state index >= 15 is 0 Å². The van der Waals surface area contributed by atoms with Crippen LogP contribution in [0.1, 0.15) is 29.6 Å². The Morgan fingerprint density at radius 1 is 1.00 bits per heavy atom. The van der Waals surface area contributed by atoms with Crippen LogP contribution >= 0.6 is 0 Å². The van der Waals surface area contributed by atoms with Gasteiger partial charge in [0.25, 0.3) is 5.91 Å². The normalized spacial score (nSPS) is 16.0. The van der Waals surface area contributed by atoms with E-state index in [0.717, 1.165) is 30.4 Å². The highest BCUT2D eigenvalue weighted by molar-refractivity contribution is 5.94. The fraction of sp³-hybridized carbons (Fsp3) is 0.278. The van der Waals surface area contributed by atoms with Crippen LogP contribution in [0.25, 0.3) is 11.1 Å². The molecule has 2 aromatic carbocycles. The van der Waals surface area contributed by atoms with Crippen LogP contribution in [-0.2, 0) is 0 Å². The minimum atomic E-state index is -0.681. The van der Waals surface area contributed by atoms with E-state index in [-0.39, 0.29) is 5.91 Å². The van der Waals surface area contributed by atoms with Gasteiger partial charge >= 0.3 is 0 Å². The van der Waals surface area contributed by atoms with E-state index in [9.17, 15) is 9.90 Å². The van der Waals surface area contributed by atoms with Crippen LogP contribution in [0.3, 0.4) is 0 Å². The molecule has 0 bridgehead atoms. The van der Waals surface area contributed by atoms with Crippen LogP contribution in [0, 0.1) is 0 Å². The molecule has 3 rings (SSSR count). The Hall–Kier alpha value is -2.13. The molecule has 0 radical (unpaired) electrons. The van der Waals surface area contributed by atoms with Gasteiger partial charge in [0.2, 0.25) is 0 Å². The van der Waals surface area contributed by atoms with Crippen molar-refractivity contribution in [3.05, 3.63) is 60.2 Å². The summed E-state index contributed by atoms with van der Waals surface area (Å²) in [4.78, 5) is 12.1. The number of nitrogens with one attached hydrogen (secondary N) is 1. The second-order valence-corrected chi connectivity index (χ2v) is 5.70. The highest BCUT2D eigenvalue weighted by atomic mass is 16.3. The largest absolute Gasteiger partial charge is 0.388 e. The van der Waals surface area contributed by atoms with E-state index < -0.39 is 5.60 Å². The van der Waals surface area contributed by atoms with E-state index in [0.29, 0.717) is 12.1 Å². The highest BCUT2D eigenvalue weighted by Crippen LogP contribution is 2.30. The van der Waals surface area contributed by atoms with Crippen molar-refractivity contribution in [2.24, 2.45) is 0 Å². The number of amides is 1. The maximum Gasteiger partial charge on any atom is 0.251 e. The summed E-state index contributed by atoms with van der Waals surface area (Å²) in [5.74, 6) is -0.130. The molecule has 0 spiro atoms. The van der Waals surface area contributed by atoms with Crippen molar-refractivity contribution in [2.45, 2.75) is 24.9 Å². The smallest absolute Gasteiger partial charge is 0.251 e. The second-order valence-electron chi connectivity index (χ2n) is 5.70. The fourth-order valence-corrected chi connectivity index (χ4v) is 2.55. The van der Waals surface area contributed by atoms with Crippen LogP contribution in [0.5, 0.6) is 0 Å². The molecule has 3 heteroatoms. The van der Waals surface area contributed by atoms with Gasteiger partial charge in [0.05, 0.1) is 5.60 Å². The molecule has 0 aromatic heterocycles. The summed E-state index contributed by atoms with van der Waals surface area (Å²) < 4.78 is 0. The number of aliphatic hydroxyl groups is 1. The zero-order valence-corrected chi connectivity index (χ0v) is 11.9. The lowest BCUT2D eigenvalue weighted by atomic mass is 9.80. The van der Waals surface area contributed by atoms with Crippen LogP contribution in [0.4, 0.5) is 0 Å². The van der Waals surface area contributed by atoms with Gasteiger partial charge in [0, 0.05) is 12.1 Å². The van der Waals surface area contributed by atoms with Gasteiger partial charge in [-0.25, -0.2) is 0 Å². The molecule has 1 aliphatic rings. The summed E-state index contributed by atoms with van der Waals surface area (Å²) in [7, 11) is 0. The van der Waals surface area contributed by atoms with Crippen LogP contribution < -0.4 is 5.32 Å². The molecule has 2 aromatic rings. The number of carbonyl (C=O) groups is 1. The first-order valence-corrected chi connectivity index (χ1v) is 7.32. The van der Waals surface area contributed by atoms with Gasteiger partial charge in [-0.1, -0.05) is 42.5 Å². The van der Waals surface area contributed by atoms with E-state index in [2.05, 4.69) is 5.32 Å². The molecule has 108 valence electrons. The van der Waals surface area contributed by atoms with Gasteiger partial charge < -0.3 is 10.4 Å². The Labute approximate surface area is 124 Å². The first kappa shape index (κ1) is 13.8. The SMILES string of the molecule is O=C(NCC1(O)CCC1)c1ccc(-c2ccccc2)cc1. The van der Waals surface area contributed by atoms with Crippen LogP contribution in [-0.4, -0.2) is 23.2 Å². The Bertz CT molecular complexity index is 615. The summed E-state index contributed by atoms with van der Waals surface area (Å²) in [5, 5.41) is 12.8. The number of benzene rings is 2. The monoisotopic (exact) mass is 281 g/mol. The first-order valence-electron chi connectivity index (χ1n) is 7.32. The molecule has 21 heavy (non-hydrogen) atoms. The van der Waals surface area contributed by atoms with Crippen molar-refractivity contribution >= 4 is 5.91 Å². The molecule has 2 N–H and O–H groups in total. The van der Waals surface area contributed by atoms with Gasteiger partial charge in [0.15, 0.2) is 0 Å². The van der Waals surface area contributed by atoms with Gasteiger partial charge in [-0.15, -0.1) is 0 Å². The van der Waals surface area contributed by atoms with Crippen LogP contribution in [0.15, 0.2) is 54.6 Å². The Morgan fingerprint density at radius 3 is 2.19 bits per heavy atom. The Kier molecular flexibility index (Phi) is 3.76. The molecule has 0 saturated heterocycles. The number of rotatable bonds is 4. The molecule has 1 aliphatic carbocycles. The zero-order valence-electron chi connectivity index (χ0n) is 11.9. The lowest BCUT2D eigenvalue weighted by molar-refractivity contribution is -0.0300. The second kappa shape index (κ2) is 5.70. The van der Waals surface area contributed by atoms with E-state index in [4.69, 9.17) is 0 Å². The van der Waals surface area contributed by atoms with E-state index in [1.54, 1.807) is 0 Å².